The third kappa shape index (κ3) is 30.2. The molecule has 1 fully saturated rings. The molecule has 1 rings (SSSR count). The molecule has 0 spiro atoms. The number of unbranched alkanes of at least 4 members (excludes halogenated alkanes) is 9. The molecule has 0 aliphatic carbocycles. The van der Waals surface area contributed by atoms with Crippen molar-refractivity contribution >= 4 is 65.0 Å². The molecular weight excluding hydrogens is 1100 g/mol. The summed E-state index contributed by atoms with van der Waals surface area (Å²) < 4.78 is 0. The highest BCUT2D eigenvalue weighted by atomic mass is 16.3. The summed E-state index contributed by atoms with van der Waals surface area (Å²) >= 11 is 0. The minimum absolute atomic E-state index is 0.00888. The summed E-state index contributed by atoms with van der Waals surface area (Å²) in [5.41, 5.74) is 29.4. The maximum absolute atomic E-state index is 14.5. The van der Waals surface area contributed by atoms with E-state index in [4.69, 9.17) is 28.7 Å². The molecule has 1 saturated heterocycles. The summed E-state index contributed by atoms with van der Waals surface area (Å²) in [5, 5.41) is 49.9. The van der Waals surface area contributed by atoms with Crippen LogP contribution >= 0.6 is 0 Å². The Bertz CT molecular complexity index is 2090. The molecule has 0 unspecified atom stereocenters. The number of hydrogen-bond acceptors (Lipinski definition) is 18. The van der Waals surface area contributed by atoms with E-state index < -0.39 is 151 Å². The molecule has 0 aromatic heterocycles. The number of amides is 11. The van der Waals surface area contributed by atoms with E-state index in [2.05, 4.69) is 72.3 Å². The molecule has 12 atom stereocenters. The molecular formula is C56H106N16O13. The average Bonchev–Trinajstić information content (AvgIpc) is 3.54. The molecule has 11 amide bonds. The Morgan fingerprint density at radius 3 is 1.40 bits per heavy atom. The lowest BCUT2D eigenvalue weighted by Crippen LogP contribution is -2.62. The Morgan fingerprint density at radius 1 is 0.494 bits per heavy atom. The zero-order chi connectivity index (χ0) is 64.0. The maximum atomic E-state index is 14.5. The van der Waals surface area contributed by atoms with Gasteiger partial charge in [0, 0.05) is 13.0 Å². The van der Waals surface area contributed by atoms with Crippen molar-refractivity contribution in [2.75, 3.05) is 39.3 Å². The Morgan fingerprint density at radius 2 is 0.929 bits per heavy atom. The molecule has 0 aromatic rings. The fourth-order valence-electron chi connectivity index (χ4n) is 9.37. The van der Waals surface area contributed by atoms with Crippen LogP contribution in [0.15, 0.2) is 0 Å². The van der Waals surface area contributed by atoms with Crippen LogP contribution in [0.25, 0.3) is 0 Å². The SMILES string of the molecule is CCCCCCCC[C@H]1NC(=O)[C@H](CCN)NC(=O)[C@@H](NC(=O)[C@H](CCN)NC(=O)[C@@H](NC(=O)[C@H](CCN)NC(=O)CCCCCCC)[C@@H](C)O)CCNC(=O)[C@H]([C@@H](C)O)NC(=O)[C@H](CCN)NC(=O)[C@H](CCN)NC(=O)[C@H](CC(C)C)NC1=O. The number of hydrogen-bond donors (Lipinski definition) is 18. The number of carbonyl (C=O) groups excluding carboxylic acids is 11. The van der Waals surface area contributed by atoms with E-state index in [1.807, 2.05) is 0 Å². The van der Waals surface area contributed by atoms with Crippen molar-refractivity contribution in [2.45, 2.75) is 243 Å². The second kappa shape index (κ2) is 43.5. The fraction of sp³-hybridized carbons (Fsp3) is 0.804. The molecule has 488 valence electrons. The zero-order valence-corrected chi connectivity index (χ0v) is 51.2. The first-order valence-electron chi connectivity index (χ1n) is 30.6. The summed E-state index contributed by atoms with van der Waals surface area (Å²) in [7, 11) is 0. The lowest BCUT2D eigenvalue weighted by atomic mass is 10.00. The fourth-order valence-corrected chi connectivity index (χ4v) is 9.37. The van der Waals surface area contributed by atoms with Gasteiger partial charge in [0.05, 0.1) is 12.2 Å². The van der Waals surface area contributed by atoms with Crippen molar-refractivity contribution in [1.29, 1.82) is 0 Å². The molecule has 0 bridgehead atoms. The number of carbonyl (C=O) groups is 11. The van der Waals surface area contributed by atoms with Gasteiger partial charge in [-0.25, -0.2) is 0 Å². The van der Waals surface area contributed by atoms with Gasteiger partial charge in [-0.2, -0.15) is 0 Å². The second-order valence-corrected chi connectivity index (χ2v) is 22.3. The van der Waals surface area contributed by atoms with Crippen LogP contribution in [-0.2, 0) is 52.7 Å². The highest BCUT2D eigenvalue weighted by molar-refractivity contribution is 5.99. The highest BCUT2D eigenvalue weighted by Crippen LogP contribution is 2.13. The topological polar surface area (TPSA) is 491 Å². The van der Waals surface area contributed by atoms with Crippen LogP contribution < -0.4 is 87.2 Å². The van der Waals surface area contributed by atoms with Crippen molar-refractivity contribution in [3.05, 3.63) is 0 Å². The van der Waals surface area contributed by atoms with E-state index in [9.17, 15) is 63.0 Å². The third-order valence-electron chi connectivity index (χ3n) is 14.3. The molecule has 1 aliphatic heterocycles. The van der Waals surface area contributed by atoms with Gasteiger partial charge in [-0.05, 0) is 110 Å². The summed E-state index contributed by atoms with van der Waals surface area (Å²) in [4.78, 5) is 154. The van der Waals surface area contributed by atoms with Gasteiger partial charge in [-0.3, -0.25) is 52.7 Å². The first-order chi connectivity index (χ1) is 40.4. The first kappa shape index (κ1) is 76.9. The maximum Gasteiger partial charge on any atom is 0.245 e. The number of aliphatic hydroxyl groups is 2. The standard InChI is InChI=1S/C56H106N16O13/c1-7-9-11-13-15-16-18-36-47(76)70-43(32-33(3)4)54(83)67-39(22-28-59)49(78)66-41(24-30-61)53(82)71-45(34(5)73)55(84)62-31-25-42(51(80)65-38(21-27-58)48(77)64-36)68-50(79)40(23-29-60)69-56(85)46(35(6)74)72-52(81)37(20-26-57)63-44(75)19-17-14-12-10-8-2/h33-43,45-46,73-74H,7-32,57-61H2,1-6H3,(H,62,84)(H,63,75)(H,64,77)(H,65,80)(H,66,78)(H,67,83)(H,68,79)(H,69,85)(H,70,76)(H,71,82)(H,72,81)/t34-,35-,36-,37+,38+,39+,40+,41+,42+,43+,45+,46+/m1/s1. The Kier molecular flexibility index (Phi) is 39.4. The van der Waals surface area contributed by atoms with E-state index in [1.165, 1.54) is 13.8 Å². The minimum Gasteiger partial charge on any atom is -0.391 e. The lowest BCUT2D eigenvalue weighted by molar-refractivity contribution is -0.137. The molecule has 29 heteroatoms. The van der Waals surface area contributed by atoms with Gasteiger partial charge >= 0.3 is 0 Å². The molecule has 85 heavy (non-hydrogen) atoms. The van der Waals surface area contributed by atoms with Crippen molar-refractivity contribution in [3.8, 4) is 0 Å². The van der Waals surface area contributed by atoms with Gasteiger partial charge in [0.25, 0.3) is 0 Å². The van der Waals surface area contributed by atoms with Gasteiger partial charge in [-0.1, -0.05) is 91.9 Å². The largest absolute Gasteiger partial charge is 0.391 e. The van der Waals surface area contributed by atoms with Crippen LogP contribution in [0.5, 0.6) is 0 Å². The smallest absolute Gasteiger partial charge is 0.245 e. The lowest BCUT2D eigenvalue weighted by Gasteiger charge is -2.29. The molecule has 29 nitrogen and oxygen atoms in total. The molecule has 0 radical (unpaired) electrons. The van der Waals surface area contributed by atoms with Crippen LogP contribution in [0.2, 0.25) is 0 Å². The number of nitrogens with one attached hydrogen (secondary N) is 11. The number of nitrogens with two attached hydrogens (primary N) is 5. The van der Waals surface area contributed by atoms with E-state index in [0.717, 1.165) is 51.4 Å². The predicted octanol–water partition coefficient (Wildman–Crippen LogP) is -3.98. The molecule has 23 N–H and O–H groups in total. The van der Waals surface area contributed by atoms with Crippen LogP contribution in [-0.4, -0.2) is 187 Å². The Hall–Kier alpha value is -6.11. The molecule has 1 heterocycles. The second-order valence-electron chi connectivity index (χ2n) is 22.3. The van der Waals surface area contributed by atoms with Crippen LogP contribution in [0.1, 0.15) is 170 Å². The summed E-state index contributed by atoms with van der Waals surface area (Å²) in [6, 6.07) is -14.4. The third-order valence-corrected chi connectivity index (χ3v) is 14.3. The molecule has 1 aliphatic rings. The van der Waals surface area contributed by atoms with Gasteiger partial charge in [-0.15, -0.1) is 0 Å². The monoisotopic (exact) mass is 1210 g/mol. The minimum atomic E-state index is -1.69. The first-order valence-corrected chi connectivity index (χ1v) is 30.6. The Labute approximate surface area is 501 Å². The quantitative estimate of drug-likeness (QED) is 0.0273. The number of aliphatic hydroxyl groups excluding tert-OH is 2. The van der Waals surface area contributed by atoms with E-state index in [0.29, 0.717) is 19.3 Å². The van der Waals surface area contributed by atoms with Crippen molar-refractivity contribution in [3.63, 3.8) is 0 Å². The van der Waals surface area contributed by atoms with Gasteiger partial charge in [0.1, 0.15) is 60.4 Å². The summed E-state index contributed by atoms with van der Waals surface area (Å²) in [6.07, 6.45) is 5.37. The van der Waals surface area contributed by atoms with E-state index in [-0.39, 0.29) is 90.0 Å². The van der Waals surface area contributed by atoms with Crippen LogP contribution in [0, 0.1) is 5.92 Å². The van der Waals surface area contributed by atoms with Gasteiger partial charge < -0.3 is 97.4 Å². The van der Waals surface area contributed by atoms with Gasteiger partial charge in [0.2, 0.25) is 65.0 Å². The normalized spacial score (nSPS) is 22.6. The van der Waals surface area contributed by atoms with Crippen LogP contribution in [0.3, 0.4) is 0 Å². The summed E-state index contributed by atoms with van der Waals surface area (Å²) in [5.74, 6) is -9.64. The molecule has 0 aromatic carbocycles. The summed E-state index contributed by atoms with van der Waals surface area (Å²) in [6.45, 7) is 9.08. The predicted molar refractivity (Wildman–Crippen MR) is 319 cm³/mol. The van der Waals surface area contributed by atoms with Crippen molar-refractivity contribution in [2.24, 2.45) is 34.6 Å². The molecule has 0 saturated carbocycles. The van der Waals surface area contributed by atoms with Gasteiger partial charge in [0.15, 0.2) is 0 Å². The Balaban J connectivity index is 3.88. The van der Waals surface area contributed by atoms with E-state index in [1.54, 1.807) is 13.8 Å². The van der Waals surface area contributed by atoms with Crippen LogP contribution in [0.4, 0.5) is 0 Å². The number of rotatable bonds is 34. The van der Waals surface area contributed by atoms with Crippen molar-refractivity contribution < 1.29 is 63.0 Å². The highest BCUT2D eigenvalue weighted by Gasteiger charge is 2.37. The average molecular weight is 1210 g/mol. The van der Waals surface area contributed by atoms with Crippen molar-refractivity contribution in [1.82, 2.24) is 58.5 Å². The van der Waals surface area contributed by atoms with E-state index >= 15 is 0 Å². The zero-order valence-electron chi connectivity index (χ0n) is 51.2.